The fraction of sp³-hybridized carbons (Fsp3) is 1.00. The van der Waals surface area contributed by atoms with E-state index in [1.807, 2.05) is 0 Å². The van der Waals surface area contributed by atoms with E-state index in [4.69, 9.17) is 4.74 Å². The summed E-state index contributed by atoms with van der Waals surface area (Å²) in [4.78, 5) is 2.51. The van der Waals surface area contributed by atoms with Crippen molar-refractivity contribution in [3.05, 3.63) is 0 Å². The lowest BCUT2D eigenvalue weighted by molar-refractivity contribution is -0.0467. The van der Waals surface area contributed by atoms with Gasteiger partial charge < -0.3 is 10.1 Å². The molecular weight excluding hydrogens is 211 g/mol. The topological polar surface area (TPSA) is 24.5 Å². The second-order valence-corrected chi connectivity index (χ2v) is 3.46. The summed E-state index contributed by atoms with van der Waals surface area (Å²) in [5.41, 5.74) is 0. The molecule has 0 aromatic carbocycles. The zero-order valence-electron chi connectivity index (χ0n) is 7.86. The Morgan fingerprint density at radius 3 is 2.46 bits per heavy atom. The molecule has 0 saturated carbocycles. The van der Waals surface area contributed by atoms with E-state index in [1.54, 1.807) is 7.11 Å². The van der Waals surface area contributed by atoms with Crippen molar-refractivity contribution in [3.8, 4) is 0 Å². The summed E-state index contributed by atoms with van der Waals surface area (Å²) >= 11 is 0. The highest BCUT2D eigenvalue weighted by molar-refractivity contribution is 5.85. The minimum Gasteiger partial charge on any atom is -0.379 e. The third-order valence-electron chi connectivity index (χ3n) is 2.76. The molecule has 3 nitrogen and oxygen atoms in total. The molecule has 0 aromatic heterocycles. The second kappa shape index (κ2) is 6.04. The van der Waals surface area contributed by atoms with Gasteiger partial charge in [0.05, 0.1) is 6.10 Å². The fourth-order valence-electron chi connectivity index (χ4n) is 1.87. The van der Waals surface area contributed by atoms with Gasteiger partial charge in [0.2, 0.25) is 0 Å². The molecule has 5 heteroatoms. The summed E-state index contributed by atoms with van der Waals surface area (Å²) in [6, 6.07) is 0.793. The average Bonchev–Trinajstić information content (AvgIpc) is 2.37. The van der Waals surface area contributed by atoms with E-state index in [2.05, 4.69) is 10.2 Å². The van der Waals surface area contributed by atoms with E-state index in [9.17, 15) is 0 Å². The highest BCUT2D eigenvalue weighted by Crippen LogP contribution is 2.18. The normalized spacial score (nSPS) is 28.8. The number of halogens is 2. The first-order chi connectivity index (χ1) is 5.40. The molecule has 2 heterocycles. The van der Waals surface area contributed by atoms with Gasteiger partial charge in [-0.1, -0.05) is 0 Å². The Labute approximate surface area is 92.0 Å². The quantitative estimate of drug-likeness (QED) is 0.747. The number of hydrogen-bond acceptors (Lipinski definition) is 3. The van der Waals surface area contributed by atoms with Crippen LogP contribution in [0, 0.1) is 0 Å². The van der Waals surface area contributed by atoms with Gasteiger partial charge in [-0.15, -0.1) is 24.8 Å². The van der Waals surface area contributed by atoms with Crippen LogP contribution in [0.1, 0.15) is 6.42 Å². The molecule has 2 aliphatic rings. The number of likely N-dealkylation sites (tertiary alicyclic amines) is 1. The maximum Gasteiger partial charge on any atom is 0.0825 e. The van der Waals surface area contributed by atoms with Gasteiger partial charge in [0.15, 0.2) is 0 Å². The Morgan fingerprint density at radius 1 is 1.31 bits per heavy atom. The third-order valence-corrected chi connectivity index (χ3v) is 2.76. The van der Waals surface area contributed by atoms with Crippen LogP contribution in [0.5, 0.6) is 0 Å². The molecule has 1 atom stereocenters. The lowest BCUT2D eigenvalue weighted by Crippen LogP contribution is -2.56. The monoisotopic (exact) mass is 228 g/mol. The fourth-order valence-corrected chi connectivity index (χ4v) is 1.87. The van der Waals surface area contributed by atoms with Crippen molar-refractivity contribution in [1.29, 1.82) is 0 Å². The Hall–Kier alpha value is 0.460. The molecule has 0 spiro atoms. The van der Waals surface area contributed by atoms with Crippen LogP contribution in [0.25, 0.3) is 0 Å². The minimum absolute atomic E-state index is 0. The van der Waals surface area contributed by atoms with Crippen LogP contribution >= 0.6 is 24.8 Å². The molecule has 0 radical (unpaired) electrons. The Morgan fingerprint density at radius 2 is 2.00 bits per heavy atom. The molecule has 0 aromatic rings. The summed E-state index contributed by atoms with van der Waals surface area (Å²) < 4.78 is 5.21. The lowest BCUT2D eigenvalue weighted by atomic mass is 10.1. The summed E-state index contributed by atoms with van der Waals surface area (Å²) in [6.45, 7) is 4.65. The van der Waals surface area contributed by atoms with Gasteiger partial charge in [-0.2, -0.15) is 0 Å². The van der Waals surface area contributed by atoms with E-state index in [1.165, 1.54) is 19.5 Å². The smallest absolute Gasteiger partial charge is 0.0825 e. The van der Waals surface area contributed by atoms with Crippen molar-refractivity contribution in [2.75, 3.05) is 33.3 Å². The molecule has 1 N–H and O–H groups in total. The van der Waals surface area contributed by atoms with Crippen LogP contribution < -0.4 is 5.32 Å². The largest absolute Gasteiger partial charge is 0.379 e. The van der Waals surface area contributed by atoms with Crippen molar-refractivity contribution in [2.45, 2.75) is 18.6 Å². The van der Waals surface area contributed by atoms with E-state index in [-0.39, 0.29) is 24.8 Å². The van der Waals surface area contributed by atoms with E-state index >= 15 is 0 Å². The summed E-state index contributed by atoms with van der Waals surface area (Å²) in [6.07, 6.45) is 1.83. The van der Waals surface area contributed by atoms with E-state index in [0.29, 0.717) is 6.10 Å². The molecule has 0 amide bonds. The lowest BCUT2D eigenvalue weighted by Gasteiger charge is -2.41. The third kappa shape index (κ3) is 2.96. The molecule has 1 unspecified atom stereocenters. The first-order valence-corrected chi connectivity index (χ1v) is 4.37. The molecule has 2 rings (SSSR count). The number of rotatable bonds is 2. The Balaban J connectivity index is 0.000000720. The molecule has 0 aliphatic carbocycles. The summed E-state index contributed by atoms with van der Waals surface area (Å²) in [5.74, 6) is 0. The van der Waals surface area contributed by atoms with Crippen LogP contribution in [0.4, 0.5) is 0 Å². The SMILES string of the molecule is COC1CN(C2CCNC2)C1.Cl.Cl. The van der Waals surface area contributed by atoms with Crippen molar-refractivity contribution in [2.24, 2.45) is 0 Å². The number of ether oxygens (including phenoxy) is 1. The van der Waals surface area contributed by atoms with Gasteiger partial charge in [-0.3, -0.25) is 4.90 Å². The van der Waals surface area contributed by atoms with Gasteiger partial charge in [0, 0.05) is 32.8 Å². The van der Waals surface area contributed by atoms with Crippen molar-refractivity contribution in [1.82, 2.24) is 10.2 Å². The average molecular weight is 229 g/mol. The Kier molecular flexibility index (Phi) is 6.25. The first-order valence-electron chi connectivity index (χ1n) is 4.37. The zero-order valence-corrected chi connectivity index (χ0v) is 9.50. The standard InChI is InChI=1S/C8H16N2O.2ClH/c1-11-8-5-10(6-8)7-2-3-9-4-7;;/h7-9H,2-6H2,1H3;2*1H. The summed E-state index contributed by atoms with van der Waals surface area (Å²) in [5, 5.41) is 3.37. The van der Waals surface area contributed by atoms with Crippen molar-refractivity contribution < 1.29 is 4.74 Å². The van der Waals surface area contributed by atoms with Crippen LogP contribution in [0.2, 0.25) is 0 Å². The predicted molar refractivity (Wildman–Crippen MR) is 58.1 cm³/mol. The Bertz CT molecular complexity index is 136. The van der Waals surface area contributed by atoms with Gasteiger partial charge in [-0.25, -0.2) is 0 Å². The number of methoxy groups -OCH3 is 1. The first kappa shape index (κ1) is 13.5. The van der Waals surface area contributed by atoms with Crippen LogP contribution in [0.15, 0.2) is 0 Å². The van der Waals surface area contributed by atoms with Crippen LogP contribution in [0.3, 0.4) is 0 Å². The van der Waals surface area contributed by atoms with E-state index in [0.717, 1.165) is 19.1 Å². The maximum atomic E-state index is 5.21. The minimum atomic E-state index is 0. The summed E-state index contributed by atoms with van der Waals surface area (Å²) in [7, 11) is 1.80. The van der Waals surface area contributed by atoms with Gasteiger partial charge in [0.1, 0.15) is 0 Å². The molecule has 2 fully saturated rings. The maximum absolute atomic E-state index is 5.21. The van der Waals surface area contributed by atoms with Crippen molar-refractivity contribution in [3.63, 3.8) is 0 Å². The predicted octanol–water partition coefficient (Wildman–Crippen LogP) is 0.522. The molecule has 2 aliphatic heterocycles. The number of nitrogens with zero attached hydrogens (tertiary/aromatic N) is 1. The second-order valence-electron chi connectivity index (χ2n) is 3.46. The number of hydrogen-bond donors (Lipinski definition) is 1. The van der Waals surface area contributed by atoms with E-state index < -0.39 is 0 Å². The highest BCUT2D eigenvalue weighted by atomic mass is 35.5. The zero-order chi connectivity index (χ0) is 7.68. The van der Waals surface area contributed by atoms with Gasteiger partial charge in [-0.05, 0) is 13.0 Å². The van der Waals surface area contributed by atoms with Crippen LogP contribution in [-0.4, -0.2) is 50.3 Å². The van der Waals surface area contributed by atoms with Crippen LogP contribution in [-0.2, 0) is 4.74 Å². The molecule has 0 bridgehead atoms. The number of nitrogens with one attached hydrogen (secondary N) is 1. The molecular formula is C8H18Cl2N2O. The molecule has 2 saturated heterocycles. The molecule has 80 valence electrons. The van der Waals surface area contributed by atoms with Gasteiger partial charge in [0.25, 0.3) is 0 Å². The highest BCUT2D eigenvalue weighted by Gasteiger charge is 2.33. The molecule has 13 heavy (non-hydrogen) atoms. The van der Waals surface area contributed by atoms with Crippen molar-refractivity contribution >= 4 is 24.8 Å². The van der Waals surface area contributed by atoms with Gasteiger partial charge >= 0.3 is 0 Å².